The summed E-state index contributed by atoms with van der Waals surface area (Å²) < 4.78 is 16.9. The number of pyridine rings is 1. The highest BCUT2D eigenvalue weighted by atomic mass is 19.1. The normalized spacial score (nSPS) is 9.50. The van der Waals surface area contributed by atoms with Gasteiger partial charge in [-0.15, -0.1) is 0 Å². The Morgan fingerprint density at radius 2 is 2.42 bits per heavy atom. The van der Waals surface area contributed by atoms with Crippen molar-refractivity contribution in [1.29, 1.82) is 0 Å². The van der Waals surface area contributed by atoms with Crippen LogP contribution in [-0.2, 0) is 16.1 Å². The van der Waals surface area contributed by atoms with Crippen LogP contribution in [0.5, 0.6) is 0 Å². The minimum atomic E-state index is -0.526. The van der Waals surface area contributed by atoms with Gasteiger partial charge in [0.2, 0.25) is 5.95 Å². The van der Waals surface area contributed by atoms with Gasteiger partial charge in [0.1, 0.15) is 6.61 Å². The monoisotopic (exact) mass is 169 g/mol. The number of hydrogen-bond acceptors (Lipinski definition) is 3. The Morgan fingerprint density at radius 1 is 1.67 bits per heavy atom. The summed E-state index contributed by atoms with van der Waals surface area (Å²) in [7, 11) is 0. The lowest BCUT2D eigenvalue weighted by atomic mass is 10.2. The van der Waals surface area contributed by atoms with Crippen molar-refractivity contribution in [3.63, 3.8) is 0 Å². The summed E-state index contributed by atoms with van der Waals surface area (Å²) in [4.78, 5) is 13.4. The lowest BCUT2D eigenvalue weighted by Gasteiger charge is -2.02. The minimum absolute atomic E-state index is 0.141. The van der Waals surface area contributed by atoms with Crippen molar-refractivity contribution in [1.82, 2.24) is 4.98 Å². The molecule has 12 heavy (non-hydrogen) atoms. The van der Waals surface area contributed by atoms with Crippen molar-refractivity contribution in [2.45, 2.75) is 13.5 Å². The van der Waals surface area contributed by atoms with Gasteiger partial charge in [-0.1, -0.05) is 0 Å². The Balaban J connectivity index is 2.78. The first-order chi connectivity index (χ1) is 5.74. The summed E-state index contributed by atoms with van der Waals surface area (Å²) in [5.41, 5.74) is 1.25. The molecule has 0 fully saturated rings. The van der Waals surface area contributed by atoms with Crippen LogP contribution < -0.4 is 0 Å². The van der Waals surface area contributed by atoms with Crippen LogP contribution in [0.1, 0.15) is 11.3 Å². The molecule has 1 aromatic heterocycles. The van der Waals surface area contributed by atoms with E-state index in [1.165, 1.54) is 6.07 Å². The average Bonchev–Trinajstić information content (AvgIpc) is 2.03. The van der Waals surface area contributed by atoms with E-state index in [0.717, 1.165) is 0 Å². The first kappa shape index (κ1) is 8.64. The number of rotatable bonds is 3. The molecule has 0 radical (unpaired) electrons. The molecule has 0 aliphatic heterocycles. The SMILES string of the molecule is Cc1nc(F)ccc1COC=O. The van der Waals surface area contributed by atoms with Gasteiger partial charge >= 0.3 is 0 Å². The van der Waals surface area contributed by atoms with E-state index in [-0.39, 0.29) is 6.61 Å². The molecular weight excluding hydrogens is 161 g/mol. The molecule has 0 N–H and O–H groups in total. The number of ether oxygens (including phenoxy) is 1. The third kappa shape index (κ3) is 2.02. The van der Waals surface area contributed by atoms with Gasteiger partial charge in [0.15, 0.2) is 0 Å². The molecule has 0 aliphatic carbocycles. The van der Waals surface area contributed by atoms with Gasteiger partial charge < -0.3 is 4.74 Å². The van der Waals surface area contributed by atoms with E-state index in [2.05, 4.69) is 9.72 Å². The Morgan fingerprint density at radius 3 is 3.00 bits per heavy atom. The molecule has 0 saturated carbocycles. The summed E-state index contributed by atoms with van der Waals surface area (Å²) in [5, 5.41) is 0. The smallest absolute Gasteiger partial charge is 0.293 e. The van der Waals surface area contributed by atoms with Crippen LogP contribution >= 0.6 is 0 Å². The van der Waals surface area contributed by atoms with E-state index in [0.29, 0.717) is 17.7 Å². The molecule has 0 aromatic carbocycles. The Bertz CT molecular complexity index is 288. The number of nitrogens with zero attached hydrogens (tertiary/aromatic N) is 1. The minimum Gasteiger partial charge on any atom is -0.463 e. The first-order valence-electron chi connectivity index (χ1n) is 3.41. The molecule has 1 rings (SSSR count). The fourth-order valence-electron chi connectivity index (χ4n) is 0.836. The Kier molecular flexibility index (Phi) is 2.74. The topological polar surface area (TPSA) is 39.2 Å². The molecule has 0 amide bonds. The van der Waals surface area contributed by atoms with Gasteiger partial charge in [0.05, 0.1) is 0 Å². The first-order valence-corrected chi connectivity index (χ1v) is 3.41. The van der Waals surface area contributed by atoms with Crippen molar-refractivity contribution in [2.24, 2.45) is 0 Å². The van der Waals surface area contributed by atoms with Crippen LogP contribution in [0.25, 0.3) is 0 Å². The second-order valence-corrected chi connectivity index (χ2v) is 2.29. The fourth-order valence-corrected chi connectivity index (χ4v) is 0.836. The maximum absolute atomic E-state index is 12.4. The zero-order chi connectivity index (χ0) is 8.97. The third-order valence-corrected chi connectivity index (χ3v) is 1.47. The summed E-state index contributed by atoms with van der Waals surface area (Å²) in [5.74, 6) is -0.526. The number of hydrogen-bond donors (Lipinski definition) is 0. The van der Waals surface area contributed by atoms with Gasteiger partial charge in [0, 0.05) is 11.3 Å². The molecule has 0 atom stereocenters. The van der Waals surface area contributed by atoms with Crippen LogP contribution in [-0.4, -0.2) is 11.5 Å². The predicted molar refractivity (Wildman–Crippen MR) is 39.8 cm³/mol. The van der Waals surface area contributed by atoms with Crippen molar-refractivity contribution < 1.29 is 13.9 Å². The molecule has 64 valence electrons. The number of aryl methyl sites for hydroxylation is 1. The summed E-state index contributed by atoms with van der Waals surface area (Å²) in [6.45, 7) is 2.15. The van der Waals surface area contributed by atoms with Crippen LogP contribution in [0.2, 0.25) is 0 Å². The van der Waals surface area contributed by atoms with E-state index < -0.39 is 5.95 Å². The van der Waals surface area contributed by atoms with Gasteiger partial charge in [-0.05, 0) is 19.1 Å². The van der Waals surface area contributed by atoms with Gasteiger partial charge in [-0.3, -0.25) is 4.79 Å². The van der Waals surface area contributed by atoms with Gasteiger partial charge in [0.25, 0.3) is 6.47 Å². The van der Waals surface area contributed by atoms with E-state index in [4.69, 9.17) is 0 Å². The summed E-state index contributed by atoms with van der Waals surface area (Å²) in [6.07, 6.45) is 0. The number of carbonyl (C=O) groups is 1. The number of aromatic nitrogens is 1. The molecule has 0 bridgehead atoms. The van der Waals surface area contributed by atoms with Crippen LogP contribution in [0.3, 0.4) is 0 Å². The molecule has 4 heteroatoms. The maximum atomic E-state index is 12.4. The zero-order valence-corrected chi connectivity index (χ0v) is 6.58. The zero-order valence-electron chi connectivity index (χ0n) is 6.58. The quantitative estimate of drug-likeness (QED) is 0.504. The highest BCUT2D eigenvalue weighted by Crippen LogP contribution is 2.06. The van der Waals surface area contributed by atoms with E-state index >= 15 is 0 Å². The lowest BCUT2D eigenvalue weighted by Crippen LogP contribution is -1.97. The number of carbonyl (C=O) groups excluding carboxylic acids is 1. The number of halogens is 1. The van der Waals surface area contributed by atoms with Crippen LogP contribution in [0.15, 0.2) is 12.1 Å². The highest BCUT2D eigenvalue weighted by Gasteiger charge is 2.00. The molecule has 0 unspecified atom stereocenters. The van der Waals surface area contributed by atoms with Crippen molar-refractivity contribution >= 4 is 6.47 Å². The fraction of sp³-hybridized carbons (Fsp3) is 0.250. The van der Waals surface area contributed by atoms with Crippen molar-refractivity contribution in [3.05, 3.63) is 29.3 Å². The van der Waals surface area contributed by atoms with E-state index in [9.17, 15) is 9.18 Å². The molecular formula is C8H8FNO2. The van der Waals surface area contributed by atoms with Gasteiger partial charge in [-0.25, -0.2) is 4.98 Å². The average molecular weight is 169 g/mol. The van der Waals surface area contributed by atoms with Crippen molar-refractivity contribution in [3.8, 4) is 0 Å². The predicted octanol–water partition coefficient (Wildman–Crippen LogP) is 1.20. The summed E-state index contributed by atoms with van der Waals surface area (Å²) >= 11 is 0. The standard InChI is InChI=1S/C8H8FNO2/c1-6-7(4-12-5-11)2-3-8(9)10-6/h2-3,5H,4H2,1H3. The van der Waals surface area contributed by atoms with E-state index in [1.54, 1.807) is 13.0 Å². The molecule has 1 heterocycles. The maximum Gasteiger partial charge on any atom is 0.293 e. The third-order valence-electron chi connectivity index (χ3n) is 1.47. The molecule has 0 saturated heterocycles. The second-order valence-electron chi connectivity index (χ2n) is 2.29. The van der Waals surface area contributed by atoms with Crippen molar-refractivity contribution in [2.75, 3.05) is 0 Å². The second kappa shape index (κ2) is 3.80. The molecule has 1 aromatic rings. The van der Waals surface area contributed by atoms with Crippen LogP contribution in [0.4, 0.5) is 4.39 Å². The molecule has 0 aliphatic rings. The van der Waals surface area contributed by atoms with E-state index in [1.807, 2.05) is 0 Å². The van der Waals surface area contributed by atoms with Gasteiger partial charge in [-0.2, -0.15) is 4.39 Å². The molecule has 0 spiro atoms. The Hall–Kier alpha value is -1.45. The largest absolute Gasteiger partial charge is 0.463 e. The summed E-state index contributed by atoms with van der Waals surface area (Å²) in [6, 6.07) is 2.78. The molecule has 3 nitrogen and oxygen atoms in total. The van der Waals surface area contributed by atoms with Crippen LogP contribution in [0, 0.1) is 12.9 Å². The highest BCUT2D eigenvalue weighted by molar-refractivity contribution is 5.37. The lowest BCUT2D eigenvalue weighted by molar-refractivity contribution is -0.129. The Labute approximate surface area is 69.2 Å².